The third-order valence-electron chi connectivity index (χ3n) is 4.31. The van der Waals surface area contributed by atoms with Crippen molar-refractivity contribution in [1.29, 1.82) is 0 Å². The van der Waals surface area contributed by atoms with E-state index in [1.54, 1.807) is 6.07 Å². The van der Waals surface area contributed by atoms with Crippen LogP contribution in [0.5, 0.6) is 0 Å². The first kappa shape index (κ1) is 16.3. The maximum absolute atomic E-state index is 12.4. The summed E-state index contributed by atoms with van der Waals surface area (Å²) in [7, 11) is -3.17. The summed E-state index contributed by atoms with van der Waals surface area (Å²) in [6.45, 7) is 4.21. The van der Waals surface area contributed by atoms with Gasteiger partial charge < -0.3 is 5.32 Å². The molecule has 4 heteroatoms. The molecule has 0 radical (unpaired) electrons. The zero-order valence-corrected chi connectivity index (χ0v) is 14.0. The summed E-state index contributed by atoms with van der Waals surface area (Å²) in [5, 5.41) is 3.50. The quantitative estimate of drug-likeness (QED) is 0.827. The van der Waals surface area contributed by atoms with Crippen LogP contribution in [0, 0.1) is 5.92 Å². The molecule has 1 aromatic rings. The molecule has 0 heterocycles. The standard InChI is InChI=1S/C17H27NO2S/c1-3-13-21(19,20)17-10-5-4-9-16(17)18-15-8-6-7-14(2)11-12-15/h4-5,9-10,14-15,18H,3,6-8,11-13H2,1-2H3. The second kappa shape index (κ2) is 7.30. The fourth-order valence-electron chi connectivity index (χ4n) is 3.09. The van der Waals surface area contributed by atoms with Gasteiger partial charge in [-0.05, 0) is 43.7 Å². The summed E-state index contributed by atoms with van der Waals surface area (Å²) in [5.74, 6) is 1.00. The van der Waals surface area contributed by atoms with Crippen LogP contribution in [0.4, 0.5) is 5.69 Å². The molecule has 2 atom stereocenters. The minimum atomic E-state index is -3.17. The summed E-state index contributed by atoms with van der Waals surface area (Å²) in [6.07, 6.45) is 6.64. The van der Waals surface area contributed by atoms with Crippen LogP contribution in [0.25, 0.3) is 0 Å². The summed E-state index contributed by atoms with van der Waals surface area (Å²) < 4.78 is 24.7. The molecule has 0 amide bonds. The van der Waals surface area contributed by atoms with E-state index in [-0.39, 0.29) is 5.75 Å². The summed E-state index contributed by atoms with van der Waals surface area (Å²) in [4.78, 5) is 0.462. The Morgan fingerprint density at radius 2 is 1.90 bits per heavy atom. The van der Waals surface area contributed by atoms with E-state index in [2.05, 4.69) is 12.2 Å². The Hall–Kier alpha value is -1.03. The normalized spacial score (nSPS) is 23.5. The minimum Gasteiger partial charge on any atom is -0.381 e. The van der Waals surface area contributed by atoms with Crippen molar-refractivity contribution < 1.29 is 8.42 Å². The maximum atomic E-state index is 12.4. The Bertz CT molecular complexity index is 554. The minimum absolute atomic E-state index is 0.216. The van der Waals surface area contributed by atoms with E-state index in [4.69, 9.17) is 0 Å². The molecule has 1 N–H and O–H groups in total. The highest BCUT2D eigenvalue weighted by Gasteiger charge is 2.21. The number of hydrogen-bond acceptors (Lipinski definition) is 3. The number of rotatable bonds is 5. The lowest BCUT2D eigenvalue weighted by Gasteiger charge is -2.20. The number of nitrogens with one attached hydrogen (secondary N) is 1. The fraction of sp³-hybridized carbons (Fsp3) is 0.647. The molecular weight excluding hydrogens is 282 g/mol. The topological polar surface area (TPSA) is 46.2 Å². The van der Waals surface area contributed by atoms with Crippen LogP contribution in [-0.4, -0.2) is 20.2 Å². The van der Waals surface area contributed by atoms with E-state index in [1.165, 1.54) is 19.3 Å². The van der Waals surface area contributed by atoms with Crippen molar-refractivity contribution in [3.05, 3.63) is 24.3 Å². The van der Waals surface area contributed by atoms with Crippen molar-refractivity contribution in [1.82, 2.24) is 0 Å². The zero-order chi connectivity index (χ0) is 15.3. The van der Waals surface area contributed by atoms with Gasteiger partial charge in [-0.15, -0.1) is 0 Å². The van der Waals surface area contributed by atoms with Crippen LogP contribution in [0.15, 0.2) is 29.2 Å². The molecule has 0 aliphatic heterocycles. The number of benzene rings is 1. The summed E-state index contributed by atoms with van der Waals surface area (Å²) in [5.41, 5.74) is 0.783. The molecular formula is C17H27NO2S. The van der Waals surface area contributed by atoms with Crippen molar-refractivity contribution in [2.24, 2.45) is 5.92 Å². The molecule has 0 aromatic heterocycles. The molecule has 1 aromatic carbocycles. The second-order valence-corrected chi connectivity index (χ2v) is 8.35. The lowest BCUT2D eigenvalue weighted by atomic mass is 10.0. The van der Waals surface area contributed by atoms with Gasteiger partial charge in [0.2, 0.25) is 0 Å². The van der Waals surface area contributed by atoms with Gasteiger partial charge in [-0.3, -0.25) is 0 Å². The molecule has 1 aliphatic rings. The van der Waals surface area contributed by atoms with Crippen molar-refractivity contribution >= 4 is 15.5 Å². The van der Waals surface area contributed by atoms with Gasteiger partial charge in [-0.25, -0.2) is 8.42 Å². The average molecular weight is 309 g/mol. The van der Waals surface area contributed by atoms with Gasteiger partial charge in [0.1, 0.15) is 0 Å². The highest BCUT2D eigenvalue weighted by atomic mass is 32.2. The van der Waals surface area contributed by atoms with Gasteiger partial charge in [0.05, 0.1) is 16.3 Å². The van der Waals surface area contributed by atoms with E-state index in [1.807, 2.05) is 25.1 Å². The molecule has 0 saturated heterocycles. The highest BCUT2D eigenvalue weighted by molar-refractivity contribution is 7.91. The fourth-order valence-corrected chi connectivity index (χ4v) is 4.59. The van der Waals surface area contributed by atoms with E-state index in [9.17, 15) is 8.42 Å². The van der Waals surface area contributed by atoms with Crippen LogP contribution in [-0.2, 0) is 9.84 Å². The Morgan fingerprint density at radius 1 is 1.14 bits per heavy atom. The first-order valence-electron chi connectivity index (χ1n) is 8.11. The van der Waals surface area contributed by atoms with Crippen molar-refractivity contribution in [2.45, 2.75) is 63.3 Å². The first-order valence-corrected chi connectivity index (χ1v) is 9.76. The van der Waals surface area contributed by atoms with E-state index in [0.29, 0.717) is 17.4 Å². The molecule has 2 rings (SSSR count). The smallest absolute Gasteiger partial charge is 0.180 e. The SMILES string of the molecule is CCCS(=O)(=O)c1ccccc1NC1CCCC(C)CC1. The van der Waals surface area contributed by atoms with Crippen molar-refractivity contribution in [2.75, 3.05) is 11.1 Å². The van der Waals surface area contributed by atoms with Gasteiger partial charge in [0.15, 0.2) is 9.84 Å². The molecule has 21 heavy (non-hydrogen) atoms. The lowest BCUT2D eigenvalue weighted by molar-refractivity contribution is 0.502. The molecule has 3 nitrogen and oxygen atoms in total. The van der Waals surface area contributed by atoms with Gasteiger partial charge in [0, 0.05) is 6.04 Å². The molecule has 2 unspecified atom stereocenters. The third-order valence-corrected chi connectivity index (χ3v) is 6.28. The molecule has 118 valence electrons. The third kappa shape index (κ3) is 4.47. The Kier molecular flexibility index (Phi) is 5.68. The highest BCUT2D eigenvalue weighted by Crippen LogP contribution is 2.28. The summed E-state index contributed by atoms with van der Waals surface area (Å²) >= 11 is 0. The van der Waals surface area contributed by atoms with Crippen LogP contribution < -0.4 is 5.32 Å². The van der Waals surface area contributed by atoms with Gasteiger partial charge in [0.25, 0.3) is 0 Å². The molecule has 0 bridgehead atoms. The number of anilines is 1. The van der Waals surface area contributed by atoms with E-state index >= 15 is 0 Å². The first-order chi connectivity index (χ1) is 10.0. The lowest BCUT2D eigenvalue weighted by Crippen LogP contribution is -2.20. The van der Waals surface area contributed by atoms with Crippen LogP contribution in [0.1, 0.15) is 52.4 Å². The van der Waals surface area contributed by atoms with Crippen LogP contribution in [0.3, 0.4) is 0 Å². The predicted molar refractivity (Wildman–Crippen MR) is 88.4 cm³/mol. The average Bonchev–Trinajstić information content (AvgIpc) is 2.64. The van der Waals surface area contributed by atoms with Crippen LogP contribution >= 0.6 is 0 Å². The van der Waals surface area contributed by atoms with Gasteiger partial charge >= 0.3 is 0 Å². The molecule has 0 spiro atoms. The van der Waals surface area contributed by atoms with Crippen molar-refractivity contribution in [3.63, 3.8) is 0 Å². The Balaban J connectivity index is 2.17. The monoisotopic (exact) mass is 309 g/mol. The molecule has 1 saturated carbocycles. The Labute approximate surface area is 129 Å². The largest absolute Gasteiger partial charge is 0.381 e. The van der Waals surface area contributed by atoms with Gasteiger partial charge in [-0.1, -0.05) is 38.8 Å². The van der Waals surface area contributed by atoms with E-state index < -0.39 is 9.84 Å². The maximum Gasteiger partial charge on any atom is 0.180 e. The molecule has 1 aliphatic carbocycles. The van der Waals surface area contributed by atoms with E-state index in [0.717, 1.165) is 24.4 Å². The number of para-hydroxylation sites is 1. The van der Waals surface area contributed by atoms with Crippen LogP contribution in [0.2, 0.25) is 0 Å². The zero-order valence-electron chi connectivity index (χ0n) is 13.1. The molecule has 1 fully saturated rings. The predicted octanol–water partition coefficient (Wildman–Crippen LogP) is 4.25. The second-order valence-electron chi connectivity index (χ2n) is 6.27. The van der Waals surface area contributed by atoms with Crippen molar-refractivity contribution in [3.8, 4) is 0 Å². The Morgan fingerprint density at radius 3 is 2.67 bits per heavy atom. The van der Waals surface area contributed by atoms with Gasteiger partial charge in [-0.2, -0.15) is 0 Å². The number of hydrogen-bond donors (Lipinski definition) is 1. The summed E-state index contributed by atoms with van der Waals surface area (Å²) in [6, 6.07) is 7.74. The number of sulfone groups is 1.